The van der Waals surface area contributed by atoms with Gasteiger partial charge in [-0.2, -0.15) is 0 Å². The van der Waals surface area contributed by atoms with E-state index in [-0.39, 0.29) is 12.4 Å². The van der Waals surface area contributed by atoms with Crippen LogP contribution < -0.4 is 17.3 Å². The first-order chi connectivity index (χ1) is 5.84. The van der Waals surface area contributed by atoms with Crippen molar-refractivity contribution in [3.05, 3.63) is 0 Å². The van der Waals surface area contributed by atoms with Crippen molar-refractivity contribution in [2.45, 2.75) is 58.4 Å². The second kappa shape index (κ2) is 7.64. The highest BCUT2D eigenvalue weighted by Crippen LogP contribution is 2.02. The molecule has 1 heterocycles. The van der Waals surface area contributed by atoms with Gasteiger partial charge in [0.25, 0.3) is 0 Å². The first-order valence-electron chi connectivity index (χ1n) is 5.69. The van der Waals surface area contributed by atoms with E-state index in [0.29, 0.717) is 0 Å². The van der Waals surface area contributed by atoms with Crippen LogP contribution in [0.15, 0.2) is 0 Å². The molecule has 0 radical (unpaired) electrons. The van der Waals surface area contributed by atoms with Gasteiger partial charge in [-0.25, -0.2) is 0 Å². The van der Waals surface area contributed by atoms with Crippen molar-refractivity contribution in [1.82, 2.24) is 0 Å². The number of hydrogen-bond donors (Lipinski definition) is 1. The van der Waals surface area contributed by atoms with E-state index < -0.39 is 0 Å². The van der Waals surface area contributed by atoms with E-state index in [2.05, 4.69) is 13.8 Å². The molecular weight excluding hydrogens is 182 g/mol. The lowest BCUT2D eigenvalue weighted by Gasteiger charge is -2.30. The largest absolute Gasteiger partial charge is 1.00 e. The standard InChI is InChI=1S/C11H23N.ClH/c1-3-4-6-9-12-10-7-5-8-11(12)2;/h11H,3-10H2,1-2H3;1H. The summed E-state index contributed by atoms with van der Waals surface area (Å²) in [6.45, 7) is 7.56. The normalized spacial score (nSPS) is 28.2. The molecule has 2 unspecified atom stereocenters. The van der Waals surface area contributed by atoms with E-state index in [4.69, 9.17) is 0 Å². The molecule has 1 nitrogen and oxygen atoms in total. The third-order valence-electron chi connectivity index (χ3n) is 3.18. The molecule has 0 aromatic carbocycles. The van der Waals surface area contributed by atoms with Gasteiger partial charge in [-0.05, 0) is 39.0 Å². The molecule has 1 N–H and O–H groups in total. The summed E-state index contributed by atoms with van der Waals surface area (Å²) in [4.78, 5) is 1.87. The molecule has 1 aliphatic rings. The fraction of sp³-hybridized carbons (Fsp3) is 1.00. The number of hydrogen-bond acceptors (Lipinski definition) is 0. The molecule has 1 rings (SSSR count). The Balaban J connectivity index is 0.00000144. The van der Waals surface area contributed by atoms with E-state index in [9.17, 15) is 0 Å². The topological polar surface area (TPSA) is 4.44 Å². The Hall–Kier alpha value is 0.250. The zero-order valence-electron chi connectivity index (χ0n) is 9.11. The number of nitrogens with one attached hydrogen (secondary N) is 1. The summed E-state index contributed by atoms with van der Waals surface area (Å²) in [7, 11) is 0. The van der Waals surface area contributed by atoms with Crippen LogP contribution in [-0.4, -0.2) is 19.1 Å². The van der Waals surface area contributed by atoms with Gasteiger partial charge in [-0.15, -0.1) is 0 Å². The summed E-state index contributed by atoms with van der Waals surface area (Å²) in [6.07, 6.45) is 8.62. The van der Waals surface area contributed by atoms with Gasteiger partial charge in [0.05, 0.1) is 19.1 Å². The van der Waals surface area contributed by atoms with Crippen LogP contribution in [0, 0.1) is 0 Å². The quantitative estimate of drug-likeness (QED) is 0.541. The van der Waals surface area contributed by atoms with Crippen LogP contribution in [0.1, 0.15) is 52.4 Å². The van der Waals surface area contributed by atoms with Crippen molar-refractivity contribution in [2.24, 2.45) is 0 Å². The first-order valence-corrected chi connectivity index (χ1v) is 5.69. The summed E-state index contributed by atoms with van der Waals surface area (Å²) in [5.74, 6) is 0. The fourth-order valence-corrected chi connectivity index (χ4v) is 2.23. The molecule has 2 atom stereocenters. The van der Waals surface area contributed by atoms with E-state index >= 15 is 0 Å². The average molecular weight is 206 g/mol. The zero-order chi connectivity index (χ0) is 8.81. The van der Waals surface area contributed by atoms with Crippen molar-refractivity contribution in [3.63, 3.8) is 0 Å². The second-order valence-corrected chi connectivity index (χ2v) is 4.26. The fourth-order valence-electron chi connectivity index (χ4n) is 2.23. The minimum absolute atomic E-state index is 0. The zero-order valence-corrected chi connectivity index (χ0v) is 9.87. The molecule has 1 fully saturated rings. The molecule has 0 aliphatic carbocycles. The molecule has 1 aliphatic heterocycles. The van der Waals surface area contributed by atoms with Crippen LogP contribution in [0.5, 0.6) is 0 Å². The summed E-state index contributed by atoms with van der Waals surface area (Å²) in [5, 5.41) is 0. The minimum Gasteiger partial charge on any atom is -1.00 e. The van der Waals surface area contributed by atoms with Gasteiger partial charge in [-0.1, -0.05) is 13.3 Å². The highest BCUT2D eigenvalue weighted by atomic mass is 35.5. The molecular formula is C11H24ClN. The Morgan fingerprint density at radius 2 is 2.00 bits per heavy atom. The third kappa shape index (κ3) is 4.87. The van der Waals surface area contributed by atoms with E-state index in [1.165, 1.54) is 51.6 Å². The smallest absolute Gasteiger partial charge is 0.0846 e. The average Bonchev–Trinajstić information content (AvgIpc) is 2.09. The van der Waals surface area contributed by atoms with Gasteiger partial charge in [0.15, 0.2) is 0 Å². The molecule has 0 amide bonds. The Morgan fingerprint density at radius 3 is 2.62 bits per heavy atom. The summed E-state index contributed by atoms with van der Waals surface area (Å²) in [5.41, 5.74) is 0. The monoisotopic (exact) mass is 205 g/mol. The Kier molecular flexibility index (Phi) is 7.78. The van der Waals surface area contributed by atoms with Gasteiger partial charge in [-0.3, -0.25) is 0 Å². The van der Waals surface area contributed by atoms with Crippen molar-refractivity contribution in [1.29, 1.82) is 0 Å². The van der Waals surface area contributed by atoms with Crippen molar-refractivity contribution in [2.75, 3.05) is 13.1 Å². The Bertz CT molecular complexity index is 117. The third-order valence-corrected chi connectivity index (χ3v) is 3.18. The van der Waals surface area contributed by atoms with Crippen LogP contribution >= 0.6 is 0 Å². The SMILES string of the molecule is CCCCC[NH+]1CCCCC1C.[Cl-]. The van der Waals surface area contributed by atoms with Crippen LogP contribution in [0.25, 0.3) is 0 Å². The minimum atomic E-state index is 0. The van der Waals surface area contributed by atoms with E-state index in [1.54, 1.807) is 0 Å². The molecule has 0 bridgehead atoms. The Morgan fingerprint density at radius 1 is 1.23 bits per heavy atom. The predicted octanol–water partition coefficient (Wildman–Crippen LogP) is -1.36. The lowest BCUT2D eigenvalue weighted by molar-refractivity contribution is -0.928. The molecule has 80 valence electrons. The summed E-state index contributed by atoms with van der Waals surface area (Å²) in [6, 6.07) is 0.940. The lowest BCUT2D eigenvalue weighted by Crippen LogP contribution is -3.16. The maximum absolute atomic E-state index is 2.42. The number of halogens is 1. The molecule has 0 aromatic heterocycles. The van der Waals surface area contributed by atoms with E-state index in [1.807, 2.05) is 4.90 Å². The van der Waals surface area contributed by atoms with Crippen LogP contribution in [0.3, 0.4) is 0 Å². The van der Waals surface area contributed by atoms with Gasteiger partial charge in [0.1, 0.15) is 0 Å². The molecule has 0 spiro atoms. The number of piperidine rings is 1. The first kappa shape index (κ1) is 13.2. The molecule has 13 heavy (non-hydrogen) atoms. The van der Waals surface area contributed by atoms with E-state index in [0.717, 1.165) is 6.04 Å². The van der Waals surface area contributed by atoms with Gasteiger partial charge >= 0.3 is 0 Å². The van der Waals surface area contributed by atoms with Crippen molar-refractivity contribution in [3.8, 4) is 0 Å². The second-order valence-electron chi connectivity index (χ2n) is 4.26. The molecule has 2 heteroatoms. The van der Waals surface area contributed by atoms with Gasteiger partial charge in [0.2, 0.25) is 0 Å². The lowest BCUT2D eigenvalue weighted by atomic mass is 10.0. The molecule has 0 saturated carbocycles. The Labute approximate surface area is 89.3 Å². The maximum Gasteiger partial charge on any atom is 0.0846 e. The number of rotatable bonds is 4. The van der Waals surface area contributed by atoms with Crippen molar-refractivity contribution < 1.29 is 17.3 Å². The van der Waals surface area contributed by atoms with Crippen LogP contribution in [0.4, 0.5) is 0 Å². The summed E-state index contributed by atoms with van der Waals surface area (Å²) >= 11 is 0. The molecule has 0 aromatic rings. The predicted molar refractivity (Wildman–Crippen MR) is 53.5 cm³/mol. The van der Waals surface area contributed by atoms with Crippen LogP contribution in [-0.2, 0) is 0 Å². The molecule has 1 saturated heterocycles. The highest BCUT2D eigenvalue weighted by Gasteiger charge is 2.20. The maximum atomic E-state index is 2.42. The van der Waals surface area contributed by atoms with Gasteiger partial charge in [0, 0.05) is 0 Å². The van der Waals surface area contributed by atoms with Crippen molar-refractivity contribution >= 4 is 0 Å². The number of unbranched alkanes of at least 4 members (excludes halogenated alkanes) is 2. The highest BCUT2D eigenvalue weighted by molar-refractivity contribution is 4.55. The summed E-state index contributed by atoms with van der Waals surface area (Å²) < 4.78 is 0. The van der Waals surface area contributed by atoms with Crippen LogP contribution in [0.2, 0.25) is 0 Å². The van der Waals surface area contributed by atoms with Gasteiger partial charge < -0.3 is 17.3 Å². The number of quaternary nitrogens is 1. The number of likely N-dealkylation sites (tertiary alicyclic amines) is 1.